The molecule has 1 aromatic carbocycles. The lowest BCUT2D eigenvalue weighted by Gasteiger charge is -2.29. The van der Waals surface area contributed by atoms with Crippen molar-refractivity contribution >= 4 is 22.4 Å². The van der Waals surface area contributed by atoms with Crippen LogP contribution in [-0.2, 0) is 0 Å². The second-order valence-corrected chi connectivity index (χ2v) is 7.48. The molecule has 148 valence electrons. The second-order valence-electron chi connectivity index (χ2n) is 7.48. The molecule has 0 saturated carbocycles. The number of likely N-dealkylation sites (tertiary alicyclic amines) is 1. The molecule has 1 aliphatic heterocycles. The van der Waals surface area contributed by atoms with Crippen molar-refractivity contribution in [2.75, 3.05) is 32.6 Å². The number of fused-ring (bicyclic) bond motifs is 2. The summed E-state index contributed by atoms with van der Waals surface area (Å²) in [6.45, 7) is 2.20. The minimum absolute atomic E-state index is 0.423. The lowest BCUT2D eigenvalue weighted by molar-refractivity contribution is 0.263. The fourth-order valence-electron chi connectivity index (χ4n) is 3.91. The van der Waals surface area contributed by atoms with E-state index in [2.05, 4.69) is 49.4 Å². The normalized spacial score (nSPS) is 15.8. The molecular formula is C21H23N7O. The highest BCUT2D eigenvalue weighted by Crippen LogP contribution is 2.30. The molecule has 0 radical (unpaired) electrons. The van der Waals surface area contributed by atoms with Gasteiger partial charge >= 0.3 is 0 Å². The third kappa shape index (κ3) is 3.36. The summed E-state index contributed by atoms with van der Waals surface area (Å²) in [5.41, 5.74) is 3.91. The van der Waals surface area contributed by atoms with E-state index in [4.69, 9.17) is 4.74 Å². The molecule has 1 aliphatic rings. The number of hydrogen-bond acceptors (Lipinski definition) is 7. The molecule has 4 aromatic rings. The van der Waals surface area contributed by atoms with Gasteiger partial charge in [-0.3, -0.25) is 0 Å². The summed E-state index contributed by atoms with van der Waals surface area (Å²) in [7, 11) is 3.78. The Kier molecular flexibility index (Phi) is 4.48. The Balaban J connectivity index is 1.46. The fraction of sp³-hybridized carbons (Fsp3) is 0.333. The first-order chi connectivity index (χ1) is 14.2. The van der Waals surface area contributed by atoms with Gasteiger partial charge in [0.1, 0.15) is 6.33 Å². The third-order valence-electron chi connectivity index (χ3n) is 5.57. The number of piperidine rings is 1. The van der Waals surface area contributed by atoms with Crippen LogP contribution in [0.2, 0.25) is 0 Å². The number of ether oxygens (including phenoxy) is 1. The Morgan fingerprint density at radius 2 is 1.97 bits per heavy atom. The summed E-state index contributed by atoms with van der Waals surface area (Å²) < 4.78 is 7.27. The van der Waals surface area contributed by atoms with E-state index in [0.717, 1.165) is 53.5 Å². The van der Waals surface area contributed by atoms with Crippen molar-refractivity contribution in [3.63, 3.8) is 0 Å². The highest BCUT2D eigenvalue weighted by Gasteiger charge is 2.18. The van der Waals surface area contributed by atoms with E-state index in [0.29, 0.717) is 17.9 Å². The summed E-state index contributed by atoms with van der Waals surface area (Å²) in [5, 5.41) is 9.02. The maximum absolute atomic E-state index is 5.39. The SMILES string of the molecule is COc1ncnc2ccc(-c3ccn4nc(NC5CCN(C)CC5)ncc34)cc12. The molecule has 0 spiro atoms. The van der Waals surface area contributed by atoms with Gasteiger partial charge in [-0.25, -0.2) is 19.5 Å². The first kappa shape index (κ1) is 17.8. The first-order valence-electron chi connectivity index (χ1n) is 9.80. The summed E-state index contributed by atoms with van der Waals surface area (Å²) in [6, 6.07) is 8.56. The van der Waals surface area contributed by atoms with Gasteiger partial charge in [0, 0.05) is 17.8 Å². The zero-order valence-corrected chi connectivity index (χ0v) is 16.5. The molecule has 0 aliphatic carbocycles. The van der Waals surface area contributed by atoms with Gasteiger partial charge in [0.25, 0.3) is 0 Å². The summed E-state index contributed by atoms with van der Waals surface area (Å²) in [6.07, 6.45) is 7.57. The van der Waals surface area contributed by atoms with E-state index < -0.39 is 0 Å². The second kappa shape index (κ2) is 7.29. The standard InChI is InChI=1S/C21H23N7O/c1-27-8-5-15(6-9-27)25-21-22-12-19-16(7-10-28(19)26-21)14-3-4-18-17(11-14)20(29-2)24-13-23-18/h3-4,7,10-13,15H,5-6,8-9H2,1-2H3,(H,25,26). The Hall–Kier alpha value is -3.26. The molecule has 0 bridgehead atoms. The first-order valence-corrected chi connectivity index (χ1v) is 9.80. The number of nitrogens with zero attached hydrogens (tertiary/aromatic N) is 6. The highest BCUT2D eigenvalue weighted by atomic mass is 16.5. The van der Waals surface area contributed by atoms with Gasteiger partial charge in [-0.15, -0.1) is 5.10 Å². The number of benzene rings is 1. The predicted octanol–water partition coefficient (Wildman–Crippen LogP) is 2.85. The van der Waals surface area contributed by atoms with Crippen molar-refractivity contribution in [1.29, 1.82) is 0 Å². The van der Waals surface area contributed by atoms with Gasteiger partial charge in [-0.05, 0) is 56.7 Å². The van der Waals surface area contributed by atoms with Crippen LogP contribution in [0.15, 0.2) is 43.0 Å². The topological polar surface area (TPSA) is 80.5 Å². The molecule has 0 atom stereocenters. The van der Waals surface area contributed by atoms with Gasteiger partial charge < -0.3 is 15.0 Å². The van der Waals surface area contributed by atoms with Crippen LogP contribution >= 0.6 is 0 Å². The lowest BCUT2D eigenvalue weighted by Crippen LogP contribution is -2.37. The molecule has 4 heterocycles. The lowest BCUT2D eigenvalue weighted by atomic mass is 10.1. The monoisotopic (exact) mass is 389 g/mol. The van der Waals surface area contributed by atoms with Crippen molar-refractivity contribution in [2.45, 2.75) is 18.9 Å². The van der Waals surface area contributed by atoms with E-state index >= 15 is 0 Å². The quantitative estimate of drug-likeness (QED) is 0.575. The van der Waals surface area contributed by atoms with Crippen molar-refractivity contribution in [2.24, 2.45) is 0 Å². The summed E-state index contributed by atoms with van der Waals surface area (Å²) >= 11 is 0. The average molecular weight is 389 g/mol. The number of nitrogens with one attached hydrogen (secondary N) is 1. The molecule has 0 amide bonds. The van der Waals surface area contributed by atoms with Crippen LogP contribution in [0.5, 0.6) is 5.88 Å². The van der Waals surface area contributed by atoms with Crippen molar-refractivity contribution in [1.82, 2.24) is 29.5 Å². The van der Waals surface area contributed by atoms with Crippen molar-refractivity contribution in [3.8, 4) is 17.0 Å². The van der Waals surface area contributed by atoms with Gasteiger partial charge in [-0.1, -0.05) is 6.07 Å². The number of rotatable bonds is 4. The Morgan fingerprint density at radius 3 is 2.79 bits per heavy atom. The van der Waals surface area contributed by atoms with Crippen LogP contribution in [0.25, 0.3) is 27.5 Å². The molecule has 1 saturated heterocycles. The molecule has 0 unspecified atom stereocenters. The van der Waals surface area contributed by atoms with Crippen LogP contribution < -0.4 is 10.1 Å². The molecule has 3 aromatic heterocycles. The zero-order chi connectivity index (χ0) is 19.8. The Bertz CT molecular complexity index is 1160. The summed E-state index contributed by atoms with van der Waals surface area (Å²) in [5.74, 6) is 1.24. The van der Waals surface area contributed by atoms with Crippen molar-refractivity contribution < 1.29 is 4.74 Å². The van der Waals surface area contributed by atoms with Crippen LogP contribution in [0.4, 0.5) is 5.95 Å². The maximum Gasteiger partial charge on any atom is 0.241 e. The number of hydrogen-bond donors (Lipinski definition) is 1. The number of methoxy groups -OCH3 is 1. The smallest absolute Gasteiger partial charge is 0.241 e. The van der Waals surface area contributed by atoms with E-state index in [1.54, 1.807) is 7.11 Å². The largest absolute Gasteiger partial charge is 0.480 e. The molecule has 5 rings (SSSR count). The molecule has 1 fully saturated rings. The minimum Gasteiger partial charge on any atom is -0.480 e. The highest BCUT2D eigenvalue weighted by molar-refractivity contribution is 5.91. The Morgan fingerprint density at radius 1 is 1.10 bits per heavy atom. The van der Waals surface area contributed by atoms with Crippen LogP contribution in [0.3, 0.4) is 0 Å². The van der Waals surface area contributed by atoms with Crippen LogP contribution in [0.1, 0.15) is 12.8 Å². The third-order valence-corrected chi connectivity index (χ3v) is 5.57. The molecule has 8 heteroatoms. The van der Waals surface area contributed by atoms with Gasteiger partial charge in [0.05, 0.1) is 29.7 Å². The van der Waals surface area contributed by atoms with Gasteiger partial charge in [0.2, 0.25) is 11.8 Å². The summed E-state index contributed by atoms with van der Waals surface area (Å²) in [4.78, 5) is 15.4. The molecule has 8 nitrogen and oxygen atoms in total. The Labute approximate surface area is 168 Å². The van der Waals surface area contributed by atoms with E-state index in [1.165, 1.54) is 6.33 Å². The zero-order valence-electron chi connectivity index (χ0n) is 16.5. The maximum atomic E-state index is 5.39. The van der Waals surface area contributed by atoms with E-state index in [-0.39, 0.29) is 0 Å². The average Bonchev–Trinajstić information content (AvgIpc) is 3.18. The minimum atomic E-state index is 0.423. The van der Waals surface area contributed by atoms with Crippen LogP contribution in [-0.4, -0.2) is 62.8 Å². The van der Waals surface area contributed by atoms with Gasteiger partial charge in [0.15, 0.2) is 0 Å². The van der Waals surface area contributed by atoms with E-state index in [1.807, 2.05) is 29.0 Å². The predicted molar refractivity (Wildman–Crippen MR) is 112 cm³/mol. The van der Waals surface area contributed by atoms with Gasteiger partial charge in [-0.2, -0.15) is 0 Å². The van der Waals surface area contributed by atoms with Crippen molar-refractivity contribution in [3.05, 3.63) is 43.0 Å². The van der Waals surface area contributed by atoms with Crippen LogP contribution in [0, 0.1) is 0 Å². The molecule has 29 heavy (non-hydrogen) atoms. The molecule has 1 N–H and O–H groups in total. The number of anilines is 1. The van der Waals surface area contributed by atoms with E-state index in [9.17, 15) is 0 Å². The molecular weight excluding hydrogens is 366 g/mol. The fourth-order valence-corrected chi connectivity index (χ4v) is 3.91. The number of aromatic nitrogens is 5.